The summed E-state index contributed by atoms with van der Waals surface area (Å²) in [5.74, 6) is 1.57. The number of hydrogen-bond donors (Lipinski definition) is 2. The third-order valence-corrected chi connectivity index (χ3v) is 5.07. The molecule has 0 radical (unpaired) electrons. The molecule has 2 atom stereocenters. The Balaban J connectivity index is 1.49. The maximum atomic E-state index is 11.8. The molecule has 23 heavy (non-hydrogen) atoms. The van der Waals surface area contributed by atoms with Crippen molar-refractivity contribution in [1.82, 2.24) is 10.2 Å². The lowest BCUT2D eigenvalue weighted by Crippen LogP contribution is -2.42. The van der Waals surface area contributed by atoms with E-state index in [-0.39, 0.29) is 5.91 Å². The SMILES string of the molecule is CC1CC(C)CN(Cc2ccc(CNC(=O)C3(N)CC3)cc2)C1. The van der Waals surface area contributed by atoms with Gasteiger partial charge in [0.05, 0.1) is 5.54 Å². The van der Waals surface area contributed by atoms with E-state index in [1.54, 1.807) is 0 Å². The van der Waals surface area contributed by atoms with Crippen LogP contribution in [0.3, 0.4) is 0 Å². The minimum atomic E-state index is -0.582. The lowest BCUT2D eigenvalue weighted by Gasteiger charge is -2.35. The van der Waals surface area contributed by atoms with Crippen molar-refractivity contribution in [3.63, 3.8) is 0 Å². The van der Waals surface area contributed by atoms with Gasteiger partial charge in [-0.2, -0.15) is 0 Å². The van der Waals surface area contributed by atoms with Crippen LogP contribution in [-0.2, 0) is 17.9 Å². The Hall–Kier alpha value is -1.39. The normalized spacial score (nSPS) is 26.7. The Labute approximate surface area is 139 Å². The van der Waals surface area contributed by atoms with Crippen LogP contribution in [0.2, 0.25) is 0 Å². The van der Waals surface area contributed by atoms with Crippen molar-refractivity contribution in [2.75, 3.05) is 13.1 Å². The third kappa shape index (κ3) is 4.33. The first-order valence-corrected chi connectivity index (χ1v) is 8.82. The molecule has 1 amide bonds. The number of piperidine rings is 1. The molecule has 0 spiro atoms. The number of benzene rings is 1. The molecule has 1 aliphatic carbocycles. The van der Waals surface area contributed by atoms with Gasteiger partial charge >= 0.3 is 0 Å². The van der Waals surface area contributed by atoms with Crippen LogP contribution in [0.4, 0.5) is 0 Å². The lowest BCUT2D eigenvalue weighted by atomic mass is 9.91. The summed E-state index contributed by atoms with van der Waals surface area (Å²) < 4.78 is 0. The van der Waals surface area contributed by atoms with Gasteiger partial charge in [-0.3, -0.25) is 9.69 Å². The highest BCUT2D eigenvalue weighted by Crippen LogP contribution is 2.32. The summed E-state index contributed by atoms with van der Waals surface area (Å²) >= 11 is 0. The summed E-state index contributed by atoms with van der Waals surface area (Å²) in [5.41, 5.74) is 7.78. The van der Waals surface area contributed by atoms with Crippen LogP contribution >= 0.6 is 0 Å². The molecule has 126 valence electrons. The Morgan fingerprint density at radius 2 is 1.74 bits per heavy atom. The van der Waals surface area contributed by atoms with E-state index in [4.69, 9.17) is 5.73 Å². The molecule has 1 aromatic rings. The second kappa shape index (κ2) is 6.62. The highest BCUT2D eigenvalue weighted by atomic mass is 16.2. The minimum absolute atomic E-state index is 0.0159. The molecule has 4 heteroatoms. The molecule has 0 bridgehead atoms. The number of nitrogens with one attached hydrogen (secondary N) is 1. The summed E-state index contributed by atoms with van der Waals surface area (Å²) in [6.45, 7) is 8.67. The number of hydrogen-bond acceptors (Lipinski definition) is 3. The molecule has 1 aliphatic heterocycles. The number of nitrogens with zero attached hydrogens (tertiary/aromatic N) is 1. The van der Waals surface area contributed by atoms with Crippen molar-refractivity contribution < 1.29 is 4.79 Å². The van der Waals surface area contributed by atoms with Gasteiger partial charge in [-0.25, -0.2) is 0 Å². The number of amides is 1. The zero-order valence-corrected chi connectivity index (χ0v) is 14.3. The zero-order valence-electron chi connectivity index (χ0n) is 14.3. The molecule has 1 saturated carbocycles. The first-order chi connectivity index (χ1) is 10.9. The van der Waals surface area contributed by atoms with E-state index in [1.165, 1.54) is 25.1 Å². The molecule has 3 N–H and O–H groups in total. The predicted octanol–water partition coefficient (Wildman–Crippen LogP) is 2.27. The number of carbonyl (C=O) groups is 1. The zero-order chi connectivity index (χ0) is 16.4. The van der Waals surface area contributed by atoms with Crippen molar-refractivity contribution in [3.8, 4) is 0 Å². The molecule has 2 aliphatic rings. The van der Waals surface area contributed by atoms with Crippen LogP contribution in [0.1, 0.15) is 44.2 Å². The molecule has 2 unspecified atom stereocenters. The Morgan fingerprint density at radius 1 is 1.17 bits per heavy atom. The monoisotopic (exact) mass is 315 g/mol. The first-order valence-electron chi connectivity index (χ1n) is 8.82. The fourth-order valence-electron chi connectivity index (χ4n) is 3.66. The van der Waals surface area contributed by atoms with Gasteiger partial charge in [0, 0.05) is 26.2 Å². The van der Waals surface area contributed by atoms with Gasteiger partial charge in [0.15, 0.2) is 0 Å². The van der Waals surface area contributed by atoms with Crippen LogP contribution in [0.15, 0.2) is 24.3 Å². The average molecular weight is 315 g/mol. The van der Waals surface area contributed by atoms with E-state index < -0.39 is 5.54 Å². The quantitative estimate of drug-likeness (QED) is 0.876. The highest BCUT2D eigenvalue weighted by Gasteiger charge is 2.45. The van der Waals surface area contributed by atoms with Crippen molar-refractivity contribution in [2.45, 2.75) is 51.7 Å². The topological polar surface area (TPSA) is 58.4 Å². The smallest absolute Gasteiger partial charge is 0.240 e. The molecular weight excluding hydrogens is 286 g/mol. The molecule has 3 rings (SSSR count). The molecule has 2 fully saturated rings. The number of nitrogens with two attached hydrogens (primary N) is 1. The van der Waals surface area contributed by atoms with E-state index in [2.05, 4.69) is 48.3 Å². The van der Waals surface area contributed by atoms with Crippen molar-refractivity contribution in [1.29, 1.82) is 0 Å². The molecule has 1 aromatic carbocycles. The predicted molar refractivity (Wildman–Crippen MR) is 92.7 cm³/mol. The van der Waals surface area contributed by atoms with Gasteiger partial charge in [-0.1, -0.05) is 38.1 Å². The maximum absolute atomic E-state index is 11.8. The number of rotatable bonds is 5. The highest BCUT2D eigenvalue weighted by molar-refractivity contribution is 5.88. The van der Waals surface area contributed by atoms with Crippen LogP contribution in [0.25, 0.3) is 0 Å². The largest absolute Gasteiger partial charge is 0.350 e. The third-order valence-electron chi connectivity index (χ3n) is 5.07. The second-order valence-corrected chi connectivity index (χ2v) is 7.80. The molecule has 1 saturated heterocycles. The number of likely N-dealkylation sites (tertiary alicyclic amines) is 1. The Kier molecular flexibility index (Phi) is 4.74. The van der Waals surface area contributed by atoms with Gasteiger partial charge in [0.25, 0.3) is 0 Å². The Morgan fingerprint density at radius 3 is 2.30 bits per heavy atom. The molecule has 4 nitrogen and oxygen atoms in total. The van der Waals surface area contributed by atoms with Crippen molar-refractivity contribution in [3.05, 3.63) is 35.4 Å². The summed E-state index contributed by atoms with van der Waals surface area (Å²) in [6.07, 6.45) is 2.96. The van der Waals surface area contributed by atoms with Crippen LogP contribution < -0.4 is 11.1 Å². The van der Waals surface area contributed by atoms with E-state index in [0.29, 0.717) is 6.54 Å². The molecule has 0 aromatic heterocycles. The maximum Gasteiger partial charge on any atom is 0.240 e. The van der Waals surface area contributed by atoms with Gasteiger partial charge in [-0.05, 0) is 42.2 Å². The summed E-state index contributed by atoms with van der Waals surface area (Å²) in [5, 5.41) is 2.94. The van der Waals surface area contributed by atoms with Gasteiger partial charge < -0.3 is 11.1 Å². The van der Waals surface area contributed by atoms with E-state index in [0.717, 1.165) is 36.8 Å². The van der Waals surface area contributed by atoms with Crippen LogP contribution in [0.5, 0.6) is 0 Å². The summed E-state index contributed by atoms with van der Waals surface area (Å²) in [7, 11) is 0. The average Bonchev–Trinajstić information content (AvgIpc) is 3.24. The van der Waals surface area contributed by atoms with Gasteiger partial charge in [-0.15, -0.1) is 0 Å². The fourth-order valence-corrected chi connectivity index (χ4v) is 3.66. The standard InChI is InChI=1S/C19H29N3O/c1-14-9-15(2)12-22(11-14)13-17-5-3-16(4-6-17)10-21-18(23)19(20)7-8-19/h3-6,14-15H,7-13,20H2,1-2H3,(H,21,23). The molecular formula is C19H29N3O. The van der Waals surface area contributed by atoms with Crippen LogP contribution in [-0.4, -0.2) is 29.4 Å². The van der Waals surface area contributed by atoms with Gasteiger partial charge in [0.1, 0.15) is 0 Å². The summed E-state index contributed by atoms with van der Waals surface area (Å²) in [4.78, 5) is 14.4. The van der Waals surface area contributed by atoms with E-state index >= 15 is 0 Å². The first kappa shape index (κ1) is 16.5. The van der Waals surface area contributed by atoms with Crippen LogP contribution in [0, 0.1) is 11.8 Å². The minimum Gasteiger partial charge on any atom is -0.350 e. The van der Waals surface area contributed by atoms with Gasteiger partial charge in [0.2, 0.25) is 5.91 Å². The second-order valence-electron chi connectivity index (χ2n) is 7.80. The Bertz CT molecular complexity index is 540. The van der Waals surface area contributed by atoms with Crippen molar-refractivity contribution >= 4 is 5.91 Å². The van der Waals surface area contributed by atoms with E-state index in [9.17, 15) is 4.79 Å². The summed E-state index contributed by atoms with van der Waals surface area (Å²) in [6, 6.07) is 8.59. The molecule has 1 heterocycles. The fraction of sp³-hybridized carbons (Fsp3) is 0.632. The number of carbonyl (C=O) groups excluding carboxylic acids is 1. The van der Waals surface area contributed by atoms with Crippen molar-refractivity contribution in [2.24, 2.45) is 17.6 Å². The lowest BCUT2D eigenvalue weighted by molar-refractivity contribution is -0.123. The van der Waals surface area contributed by atoms with E-state index in [1.807, 2.05) is 0 Å².